The number of hydrogen-bond donors (Lipinski definition) is 0. The van der Waals surface area contributed by atoms with Crippen LogP contribution in [0, 0.1) is 0 Å². The van der Waals surface area contributed by atoms with Crippen LogP contribution in [0.2, 0.25) is 0 Å². The normalized spacial score (nSPS) is 22.4. The third-order valence-electron chi connectivity index (χ3n) is 2.59. The first-order valence-electron chi connectivity index (χ1n) is 7.05. The predicted molar refractivity (Wildman–Crippen MR) is 83.9 cm³/mol. The molecule has 2 atom stereocenters. The number of amides is 1. The van der Waals surface area contributed by atoms with Gasteiger partial charge < -0.3 is 18.9 Å². The van der Waals surface area contributed by atoms with Gasteiger partial charge in [0.15, 0.2) is 0 Å². The number of rotatable bonds is 2. The molecule has 0 spiro atoms. The fourth-order valence-corrected chi connectivity index (χ4v) is 2.10. The molecule has 1 rings (SSSR count). The molecular weight excluding hydrogens is 292 g/mol. The maximum Gasteiger partial charge on any atom is 0.410 e. The molecule has 1 fully saturated rings. The van der Waals surface area contributed by atoms with Gasteiger partial charge in [0.2, 0.25) is 0 Å². The maximum absolute atomic E-state index is 12.0. The summed E-state index contributed by atoms with van der Waals surface area (Å²) in [6.45, 7) is 12.3. The Morgan fingerprint density at radius 1 is 1.38 bits per heavy atom. The van der Waals surface area contributed by atoms with Gasteiger partial charge in [0.25, 0.3) is 0 Å². The molecule has 122 valence electrons. The van der Waals surface area contributed by atoms with E-state index in [1.54, 1.807) is 4.90 Å². The first kappa shape index (κ1) is 18.3. The topological polar surface area (TPSA) is 74.2 Å². The van der Waals surface area contributed by atoms with Crippen molar-refractivity contribution < 1.29 is 18.8 Å². The van der Waals surface area contributed by atoms with E-state index in [1.807, 2.05) is 41.5 Å². The summed E-state index contributed by atoms with van der Waals surface area (Å²) in [5, 5.41) is 0. The molecule has 0 aliphatic carbocycles. The van der Waals surface area contributed by atoms with Crippen LogP contribution < -0.4 is 0 Å². The van der Waals surface area contributed by atoms with Gasteiger partial charge >= 0.3 is 6.09 Å². The van der Waals surface area contributed by atoms with Crippen LogP contribution in [-0.4, -0.2) is 57.9 Å². The van der Waals surface area contributed by atoms with E-state index >= 15 is 0 Å². The Balaban J connectivity index is 2.56. The first-order chi connectivity index (χ1) is 9.49. The third kappa shape index (κ3) is 6.67. The van der Waals surface area contributed by atoms with Crippen LogP contribution in [0.5, 0.6) is 0 Å². The standard InChI is InChI=1S/C14H26N2O4S/c1-13(2,3)20-12(17)16-7-8-19-11(10-16)9-15-21(18)14(4,5)6/h9,11H,7-8,10H2,1-6H3/t11?,21-/m0/s1. The highest BCUT2D eigenvalue weighted by Crippen LogP contribution is 2.17. The van der Waals surface area contributed by atoms with Crippen molar-refractivity contribution in [2.45, 2.75) is 58.0 Å². The molecule has 21 heavy (non-hydrogen) atoms. The molecule has 1 heterocycles. The average Bonchev–Trinajstić information content (AvgIpc) is 2.33. The van der Waals surface area contributed by atoms with E-state index in [9.17, 15) is 9.35 Å². The van der Waals surface area contributed by atoms with Crippen molar-refractivity contribution in [3.05, 3.63) is 0 Å². The number of nitrogens with zero attached hydrogens (tertiary/aromatic N) is 2. The number of morpholine rings is 1. The monoisotopic (exact) mass is 318 g/mol. The number of carbonyl (C=O) groups excluding carboxylic acids is 1. The highest BCUT2D eigenvalue weighted by molar-refractivity contribution is 7.91. The van der Waals surface area contributed by atoms with E-state index in [1.165, 1.54) is 6.21 Å². The highest BCUT2D eigenvalue weighted by atomic mass is 32.2. The summed E-state index contributed by atoms with van der Waals surface area (Å²) in [7, 11) is 0. The molecule has 0 aromatic rings. The molecule has 0 radical (unpaired) electrons. The lowest BCUT2D eigenvalue weighted by Crippen LogP contribution is -2.48. The van der Waals surface area contributed by atoms with Crippen LogP contribution in [0.15, 0.2) is 4.40 Å². The van der Waals surface area contributed by atoms with Gasteiger partial charge in [-0.05, 0) is 41.5 Å². The van der Waals surface area contributed by atoms with Crippen LogP contribution >= 0.6 is 0 Å². The minimum absolute atomic E-state index is 0.349. The molecule has 1 aliphatic rings. The zero-order valence-electron chi connectivity index (χ0n) is 13.7. The summed E-state index contributed by atoms with van der Waals surface area (Å²) in [6, 6.07) is 0. The van der Waals surface area contributed by atoms with Crippen LogP contribution in [0.4, 0.5) is 4.79 Å². The van der Waals surface area contributed by atoms with Gasteiger partial charge in [0.1, 0.15) is 27.8 Å². The quantitative estimate of drug-likeness (QED) is 0.577. The molecule has 1 aliphatic heterocycles. The Labute approximate surface area is 130 Å². The molecule has 0 aromatic heterocycles. The Kier molecular flexibility index (Phi) is 6.07. The van der Waals surface area contributed by atoms with Crippen molar-refractivity contribution in [2.75, 3.05) is 19.7 Å². The molecular formula is C14H26N2O4S. The van der Waals surface area contributed by atoms with Crippen molar-refractivity contribution in [3.63, 3.8) is 0 Å². The Morgan fingerprint density at radius 2 is 2.00 bits per heavy atom. The molecule has 0 saturated carbocycles. The van der Waals surface area contributed by atoms with Crippen LogP contribution in [-0.2, 0) is 20.8 Å². The van der Waals surface area contributed by atoms with Gasteiger partial charge in [-0.3, -0.25) is 0 Å². The van der Waals surface area contributed by atoms with Gasteiger partial charge in [-0.2, -0.15) is 0 Å². The van der Waals surface area contributed by atoms with Gasteiger partial charge in [-0.25, -0.2) is 4.79 Å². The second-order valence-electron chi connectivity index (χ2n) is 6.95. The first-order valence-corrected chi connectivity index (χ1v) is 8.15. The predicted octanol–water partition coefficient (Wildman–Crippen LogP) is 2.16. The van der Waals surface area contributed by atoms with Gasteiger partial charge in [0, 0.05) is 6.54 Å². The molecule has 1 amide bonds. The fourth-order valence-electron chi connectivity index (χ4n) is 1.54. The third-order valence-corrected chi connectivity index (χ3v) is 3.95. The molecule has 1 unspecified atom stereocenters. The highest BCUT2D eigenvalue weighted by Gasteiger charge is 2.29. The fraction of sp³-hybridized carbons (Fsp3) is 0.857. The molecule has 0 bridgehead atoms. The maximum atomic E-state index is 12.0. The molecule has 6 nitrogen and oxygen atoms in total. The van der Waals surface area contributed by atoms with Crippen molar-refractivity contribution in [2.24, 2.45) is 4.40 Å². The second kappa shape index (κ2) is 6.98. The summed E-state index contributed by atoms with van der Waals surface area (Å²) in [5.74, 6) is 0. The Hall–Kier alpha value is -0.790. The second-order valence-corrected chi connectivity index (χ2v) is 8.89. The van der Waals surface area contributed by atoms with Crippen molar-refractivity contribution in [1.82, 2.24) is 4.90 Å². The zero-order valence-corrected chi connectivity index (χ0v) is 14.5. The molecule has 7 heteroatoms. The van der Waals surface area contributed by atoms with E-state index in [4.69, 9.17) is 9.47 Å². The van der Waals surface area contributed by atoms with Crippen LogP contribution in [0.25, 0.3) is 0 Å². The smallest absolute Gasteiger partial charge is 0.410 e. The minimum atomic E-state index is -1.32. The summed E-state index contributed by atoms with van der Waals surface area (Å²) in [6.07, 6.45) is 0.816. The van der Waals surface area contributed by atoms with Gasteiger partial charge in [-0.1, -0.05) is 4.40 Å². The summed E-state index contributed by atoms with van der Waals surface area (Å²) in [4.78, 5) is 13.6. The van der Waals surface area contributed by atoms with E-state index in [0.29, 0.717) is 19.7 Å². The summed E-state index contributed by atoms with van der Waals surface area (Å²) < 4.78 is 26.3. The summed E-state index contributed by atoms with van der Waals surface area (Å²) >= 11 is -1.32. The van der Waals surface area contributed by atoms with Crippen LogP contribution in [0.3, 0.4) is 0 Å². The lowest BCUT2D eigenvalue weighted by atomic mass is 10.2. The molecule has 0 aromatic carbocycles. The van der Waals surface area contributed by atoms with Crippen molar-refractivity contribution in [3.8, 4) is 0 Å². The molecule has 0 N–H and O–H groups in total. The van der Waals surface area contributed by atoms with Gasteiger partial charge in [-0.15, -0.1) is 0 Å². The van der Waals surface area contributed by atoms with Gasteiger partial charge in [0.05, 0.1) is 19.4 Å². The van der Waals surface area contributed by atoms with E-state index in [-0.39, 0.29) is 12.2 Å². The lowest BCUT2D eigenvalue weighted by molar-refractivity contribution is -0.0197. The Morgan fingerprint density at radius 3 is 2.52 bits per heavy atom. The van der Waals surface area contributed by atoms with E-state index in [0.717, 1.165) is 0 Å². The van der Waals surface area contributed by atoms with E-state index < -0.39 is 21.7 Å². The summed E-state index contributed by atoms with van der Waals surface area (Å²) in [5.41, 5.74) is -0.521. The van der Waals surface area contributed by atoms with Crippen LogP contribution in [0.1, 0.15) is 41.5 Å². The molecule has 1 saturated heterocycles. The number of hydrogen-bond acceptors (Lipinski definition) is 5. The van der Waals surface area contributed by atoms with E-state index in [2.05, 4.69) is 4.40 Å². The number of carbonyl (C=O) groups is 1. The largest absolute Gasteiger partial charge is 0.591 e. The van der Waals surface area contributed by atoms with Crippen molar-refractivity contribution in [1.29, 1.82) is 0 Å². The zero-order chi connectivity index (χ0) is 16.3. The Bertz CT molecular complexity index is 387. The average molecular weight is 318 g/mol. The minimum Gasteiger partial charge on any atom is -0.591 e. The van der Waals surface area contributed by atoms with Crippen molar-refractivity contribution >= 4 is 23.7 Å². The number of ether oxygens (including phenoxy) is 2. The SMILES string of the molecule is CC(C)(C)OC(=O)N1CCOC(C=N[S@@+]([O-])C(C)(C)C)C1. The lowest BCUT2D eigenvalue weighted by Gasteiger charge is -2.32.